The van der Waals surface area contributed by atoms with Crippen LogP contribution in [0.5, 0.6) is 0 Å². The lowest BCUT2D eigenvalue weighted by Crippen LogP contribution is -2.56. The molecule has 0 bridgehead atoms. The fourth-order valence-corrected chi connectivity index (χ4v) is 1.63. The van der Waals surface area contributed by atoms with E-state index in [1.165, 1.54) is 0 Å². The lowest BCUT2D eigenvalue weighted by molar-refractivity contribution is 0.514. The second-order valence-electron chi connectivity index (χ2n) is 4.33. The van der Waals surface area contributed by atoms with Crippen molar-refractivity contribution in [1.82, 2.24) is 9.97 Å². The third kappa shape index (κ3) is 2.02. The Kier molecular flexibility index (Phi) is 2.48. The second kappa shape index (κ2) is 3.66. The first-order chi connectivity index (χ1) is 7.06. The molecule has 82 valence electrons. The summed E-state index contributed by atoms with van der Waals surface area (Å²) in [7, 11) is 0. The number of nitrogen functional groups attached to an aromatic ring is 1. The predicted molar refractivity (Wildman–Crippen MR) is 60.7 cm³/mol. The first-order valence-corrected chi connectivity index (χ1v) is 5.21. The average Bonchev–Trinajstić information content (AvgIpc) is 2.12. The molecule has 0 unspecified atom stereocenters. The molecule has 0 saturated carbocycles. The van der Waals surface area contributed by atoms with Gasteiger partial charge in [-0.3, -0.25) is 0 Å². The normalized spacial score (nSPS) is 16.9. The van der Waals surface area contributed by atoms with E-state index in [4.69, 9.17) is 11.5 Å². The zero-order chi connectivity index (χ0) is 11.0. The van der Waals surface area contributed by atoms with E-state index in [2.05, 4.69) is 28.7 Å². The van der Waals surface area contributed by atoms with Gasteiger partial charge in [0.1, 0.15) is 5.82 Å². The molecule has 1 aromatic rings. The van der Waals surface area contributed by atoms with Crippen LogP contribution in [0, 0.1) is 0 Å². The average molecular weight is 207 g/mol. The van der Waals surface area contributed by atoms with Crippen molar-refractivity contribution >= 4 is 11.8 Å². The Morgan fingerprint density at radius 3 is 2.60 bits per heavy atom. The quantitative estimate of drug-likeness (QED) is 0.730. The van der Waals surface area contributed by atoms with Crippen LogP contribution in [-0.4, -0.2) is 29.1 Å². The van der Waals surface area contributed by atoms with E-state index in [0.29, 0.717) is 11.9 Å². The van der Waals surface area contributed by atoms with Crippen molar-refractivity contribution in [3.63, 3.8) is 0 Å². The van der Waals surface area contributed by atoms with Gasteiger partial charge in [-0.05, 0) is 5.92 Å². The molecule has 5 nitrogen and oxygen atoms in total. The molecule has 0 aromatic carbocycles. The molecule has 1 aliphatic rings. The van der Waals surface area contributed by atoms with Gasteiger partial charge in [-0.25, -0.2) is 4.98 Å². The summed E-state index contributed by atoms with van der Waals surface area (Å²) in [5.74, 6) is 1.61. The maximum Gasteiger partial charge on any atom is 0.222 e. The maximum atomic E-state index is 5.73. The van der Waals surface area contributed by atoms with Crippen molar-refractivity contribution in [3.8, 4) is 0 Å². The predicted octanol–water partition coefficient (Wildman–Crippen LogP) is 0.329. The standard InChI is InChI=1S/C10H17N5/c1-6(2)8-3-9(14-10(12)13-8)15-4-7(11)5-15/h3,6-7H,4-5,11H2,1-2H3,(H2,12,13,14). The van der Waals surface area contributed by atoms with Gasteiger partial charge in [0.25, 0.3) is 0 Å². The minimum Gasteiger partial charge on any atom is -0.368 e. The molecule has 1 saturated heterocycles. The summed E-state index contributed by atoms with van der Waals surface area (Å²) in [6.45, 7) is 5.89. The van der Waals surface area contributed by atoms with Crippen LogP contribution in [0.15, 0.2) is 6.07 Å². The van der Waals surface area contributed by atoms with Gasteiger partial charge in [0, 0.05) is 25.2 Å². The fraction of sp³-hybridized carbons (Fsp3) is 0.600. The zero-order valence-electron chi connectivity index (χ0n) is 9.14. The van der Waals surface area contributed by atoms with Gasteiger partial charge < -0.3 is 16.4 Å². The van der Waals surface area contributed by atoms with Crippen molar-refractivity contribution < 1.29 is 0 Å². The van der Waals surface area contributed by atoms with Gasteiger partial charge in [-0.1, -0.05) is 13.8 Å². The van der Waals surface area contributed by atoms with Gasteiger partial charge >= 0.3 is 0 Å². The van der Waals surface area contributed by atoms with Crippen LogP contribution < -0.4 is 16.4 Å². The Morgan fingerprint density at radius 1 is 1.40 bits per heavy atom. The van der Waals surface area contributed by atoms with Gasteiger partial charge in [0.15, 0.2) is 0 Å². The minimum atomic E-state index is 0.267. The SMILES string of the molecule is CC(C)c1cc(N2CC(N)C2)nc(N)n1. The molecular weight excluding hydrogens is 190 g/mol. The van der Waals surface area contributed by atoms with Crippen molar-refractivity contribution in [2.75, 3.05) is 23.7 Å². The van der Waals surface area contributed by atoms with Gasteiger partial charge in [-0.15, -0.1) is 0 Å². The van der Waals surface area contributed by atoms with Crippen molar-refractivity contribution in [3.05, 3.63) is 11.8 Å². The van der Waals surface area contributed by atoms with Crippen LogP contribution in [0.4, 0.5) is 11.8 Å². The Labute approximate surface area is 89.5 Å². The first kappa shape index (κ1) is 10.2. The van der Waals surface area contributed by atoms with Crippen molar-refractivity contribution in [2.45, 2.75) is 25.8 Å². The topological polar surface area (TPSA) is 81.1 Å². The number of nitrogens with zero attached hydrogens (tertiary/aromatic N) is 3. The fourth-order valence-electron chi connectivity index (χ4n) is 1.63. The van der Waals surface area contributed by atoms with Crippen LogP contribution in [0.2, 0.25) is 0 Å². The molecule has 2 heterocycles. The summed E-state index contributed by atoms with van der Waals surface area (Å²) in [5, 5.41) is 0. The molecule has 15 heavy (non-hydrogen) atoms. The van der Waals surface area contributed by atoms with Crippen LogP contribution in [-0.2, 0) is 0 Å². The third-order valence-electron chi connectivity index (χ3n) is 2.58. The summed E-state index contributed by atoms with van der Waals surface area (Å²) in [6.07, 6.45) is 0. The highest BCUT2D eigenvalue weighted by molar-refractivity contribution is 5.47. The van der Waals surface area contributed by atoms with Crippen LogP contribution in [0.25, 0.3) is 0 Å². The maximum absolute atomic E-state index is 5.73. The van der Waals surface area contributed by atoms with E-state index in [9.17, 15) is 0 Å². The van der Waals surface area contributed by atoms with Crippen molar-refractivity contribution in [2.24, 2.45) is 5.73 Å². The highest BCUT2D eigenvalue weighted by Crippen LogP contribution is 2.22. The number of anilines is 2. The molecular formula is C10H17N5. The highest BCUT2D eigenvalue weighted by Gasteiger charge is 2.25. The van der Waals surface area contributed by atoms with Gasteiger partial charge in [-0.2, -0.15) is 4.98 Å². The van der Waals surface area contributed by atoms with Crippen LogP contribution >= 0.6 is 0 Å². The lowest BCUT2D eigenvalue weighted by Gasteiger charge is -2.38. The number of hydrogen-bond donors (Lipinski definition) is 2. The zero-order valence-corrected chi connectivity index (χ0v) is 9.14. The first-order valence-electron chi connectivity index (χ1n) is 5.21. The Hall–Kier alpha value is -1.36. The Balaban J connectivity index is 2.24. The van der Waals surface area contributed by atoms with E-state index < -0.39 is 0 Å². The molecule has 0 atom stereocenters. The van der Waals surface area contributed by atoms with Crippen molar-refractivity contribution in [1.29, 1.82) is 0 Å². The number of hydrogen-bond acceptors (Lipinski definition) is 5. The van der Waals surface area contributed by atoms with Crippen LogP contribution in [0.1, 0.15) is 25.5 Å². The Bertz CT molecular complexity index is 357. The molecule has 5 heteroatoms. The monoisotopic (exact) mass is 207 g/mol. The molecule has 4 N–H and O–H groups in total. The van der Waals surface area contributed by atoms with E-state index in [1.54, 1.807) is 0 Å². The Morgan fingerprint density at radius 2 is 2.07 bits per heavy atom. The van der Waals surface area contributed by atoms with E-state index in [0.717, 1.165) is 24.6 Å². The molecule has 1 aliphatic heterocycles. The smallest absolute Gasteiger partial charge is 0.222 e. The van der Waals surface area contributed by atoms with E-state index in [1.807, 2.05) is 6.07 Å². The largest absolute Gasteiger partial charge is 0.368 e. The highest BCUT2D eigenvalue weighted by atomic mass is 15.3. The molecule has 0 amide bonds. The molecule has 0 radical (unpaired) electrons. The lowest BCUT2D eigenvalue weighted by atomic mass is 10.1. The summed E-state index contributed by atoms with van der Waals surface area (Å²) >= 11 is 0. The molecule has 0 spiro atoms. The van der Waals surface area contributed by atoms with Gasteiger partial charge in [0.05, 0.1) is 5.69 Å². The molecule has 1 fully saturated rings. The molecule has 1 aromatic heterocycles. The summed E-state index contributed by atoms with van der Waals surface area (Å²) < 4.78 is 0. The molecule has 2 rings (SSSR count). The summed E-state index contributed by atoms with van der Waals surface area (Å²) in [4.78, 5) is 10.5. The van der Waals surface area contributed by atoms with Gasteiger partial charge in [0.2, 0.25) is 5.95 Å². The molecule has 0 aliphatic carbocycles. The minimum absolute atomic E-state index is 0.267. The van der Waals surface area contributed by atoms with Crippen LogP contribution in [0.3, 0.4) is 0 Å². The number of nitrogens with two attached hydrogens (primary N) is 2. The summed E-state index contributed by atoms with van der Waals surface area (Å²) in [6, 6.07) is 2.26. The second-order valence-corrected chi connectivity index (χ2v) is 4.33. The third-order valence-corrected chi connectivity index (χ3v) is 2.58. The summed E-state index contributed by atoms with van der Waals surface area (Å²) in [5.41, 5.74) is 12.4. The van der Waals surface area contributed by atoms with E-state index >= 15 is 0 Å². The number of aromatic nitrogens is 2. The number of rotatable bonds is 2. The van der Waals surface area contributed by atoms with E-state index in [-0.39, 0.29) is 6.04 Å².